The van der Waals surface area contributed by atoms with E-state index >= 15 is 0 Å². The maximum atomic E-state index is 5.98. The first-order chi connectivity index (χ1) is 33.7. The summed E-state index contributed by atoms with van der Waals surface area (Å²) in [6.45, 7) is 2.31. The second kappa shape index (κ2) is 15.4. The molecule has 2 atom stereocenters. The van der Waals surface area contributed by atoms with Crippen LogP contribution in [-0.2, 0) is 0 Å². The van der Waals surface area contributed by atoms with E-state index in [1.54, 1.807) is 0 Å². The molecule has 1 aliphatic rings. The van der Waals surface area contributed by atoms with E-state index in [4.69, 9.17) is 9.98 Å². The minimum atomic E-state index is -0.264. The fourth-order valence-electron chi connectivity index (χ4n) is 11.4. The van der Waals surface area contributed by atoms with Crippen molar-refractivity contribution in [2.45, 2.75) is 19.4 Å². The predicted octanol–water partition coefficient (Wildman–Crippen LogP) is 17.4. The van der Waals surface area contributed by atoms with Crippen molar-refractivity contribution >= 4 is 108 Å². The van der Waals surface area contributed by atoms with E-state index in [9.17, 15) is 0 Å². The summed E-state index contributed by atoms with van der Waals surface area (Å²) in [5.74, 6) is 0.749. The van der Waals surface area contributed by atoms with Gasteiger partial charge in [0, 0.05) is 43.3 Å². The Bertz CT molecular complexity index is 4250. The number of hydrogen-bond acceptors (Lipinski definition) is 3. The summed E-state index contributed by atoms with van der Waals surface area (Å²) >= 11 is 1.90. The average molecular weight is 886 g/mol. The van der Waals surface area contributed by atoms with Gasteiger partial charge in [-0.25, -0.2) is 4.99 Å². The zero-order chi connectivity index (χ0) is 44.9. The van der Waals surface area contributed by atoms with Gasteiger partial charge in [-0.2, -0.15) is 0 Å². The van der Waals surface area contributed by atoms with Gasteiger partial charge in [0.25, 0.3) is 0 Å². The number of nitrogens with zero attached hydrogens (tertiary/aromatic N) is 3. The number of benzene rings is 11. The lowest BCUT2D eigenvalue weighted by Gasteiger charge is -2.32. The van der Waals surface area contributed by atoms with Gasteiger partial charge in [-0.15, -0.1) is 11.3 Å². The summed E-state index contributed by atoms with van der Waals surface area (Å²) in [7, 11) is 0. The van der Waals surface area contributed by atoms with Gasteiger partial charge >= 0.3 is 0 Å². The van der Waals surface area contributed by atoms with Crippen LogP contribution in [0.5, 0.6) is 0 Å². The molecule has 0 aliphatic carbocycles. The molecule has 0 saturated heterocycles. The minimum Gasteiger partial charge on any atom is -0.307 e. The molecule has 2 unspecified atom stereocenters. The molecule has 3 nitrogen and oxygen atoms in total. The van der Waals surface area contributed by atoms with Gasteiger partial charge in [0.2, 0.25) is 0 Å². The normalized spacial score (nSPS) is 15.4. The highest BCUT2D eigenvalue weighted by Crippen LogP contribution is 2.49. The number of aromatic nitrogens is 1. The Hall–Kier alpha value is -8.18. The van der Waals surface area contributed by atoms with Crippen LogP contribution in [0.25, 0.3) is 102 Å². The predicted molar refractivity (Wildman–Crippen MR) is 292 cm³/mol. The molecule has 0 N–H and O–H groups in total. The van der Waals surface area contributed by atoms with Gasteiger partial charge in [-0.1, -0.05) is 195 Å². The lowest BCUT2D eigenvalue weighted by molar-refractivity contribution is 0.532. The van der Waals surface area contributed by atoms with Crippen LogP contribution >= 0.6 is 11.3 Å². The molecular formula is C64H43N3S. The van der Waals surface area contributed by atoms with Crippen molar-refractivity contribution in [1.82, 2.24) is 4.57 Å². The molecule has 0 saturated carbocycles. The Morgan fingerprint density at radius 3 is 1.88 bits per heavy atom. The molecular weight excluding hydrogens is 843 g/mol. The third-order valence-corrected chi connectivity index (χ3v) is 15.8. The van der Waals surface area contributed by atoms with Gasteiger partial charge < -0.3 is 4.57 Å². The Kier molecular flexibility index (Phi) is 8.87. The van der Waals surface area contributed by atoms with E-state index in [2.05, 4.69) is 230 Å². The third kappa shape index (κ3) is 5.97. The number of fused-ring (bicyclic) bond motifs is 12. The van der Waals surface area contributed by atoms with Crippen LogP contribution in [0.4, 0.5) is 0 Å². The van der Waals surface area contributed by atoms with Crippen LogP contribution in [0.1, 0.15) is 36.1 Å². The minimum absolute atomic E-state index is 0.0200. The first kappa shape index (κ1) is 39.0. The van der Waals surface area contributed by atoms with Gasteiger partial charge in [-0.3, -0.25) is 4.99 Å². The van der Waals surface area contributed by atoms with E-state index < -0.39 is 0 Å². The molecule has 0 fully saturated rings. The molecule has 1 aliphatic heterocycles. The fraction of sp³-hybridized carbons (Fsp3) is 0.0625. The Balaban J connectivity index is 1.10. The molecule has 0 radical (unpaired) electrons. The molecule has 4 heteroatoms. The third-order valence-electron chi connectivity index (χ3n) is 14.6. The van der Waals surface area contributed by atoms with Crippen LogP contribution < -0.4 is 0 Å². The maximum Gasteiger partial charge on any atom is 0.156 e. The van der Waals surface area contributed by atoms with Gasteiger partial charge in [-0.05, 0) is 96.5 Å². The van der Waals surface area contributed by atoms with Crippen LogP contribution in [0.3, 0.4) is 0 Å². The molecule has 320 valence electrons. The van der Waals surface area contributed by atoms with Crippen LogP contribution in [0.15, 0.2) is 228 Å². The number of thiophene rings is 1. The maximum absolute atomic E-state index is 5.98. The Morgan fingerprint density at radius 1 is 0.456 bits per heavy atom. The Labute approximate surface area is 397 Å². The number of hydrogen-bond donors (Lipinski definition) is 0. The summed E-state index contributed by atoms with van der Waals surface area (Å²) < 4.78 is 5.15. The number of rotatable bonds is 6. The van der Waals surface area contributed by atoms with E-state index in [0.717, 1.165) is 34.5 Å². The van der Waals surface area contributed by atoms with Gasteiger partial charge in [0.15, 0.2) is 5.84 Å². The largest absolute Gasteiger partial charge is 0.307 e. The highest BCUT2D eigenvalue weighted by atomic mass is 32.1. The molecule has 2 aromatic heterocycles. The summed E-state index contributed by atoms with van der Waals surface area (Å²) in [5.41, 5.74) is 10.4. The second-order valence-corrected chi connectivity index (χ2v) is 19.3. The molecule has 0 bridgehead atoms. The quantitative estimate of drug-likeness (QED) is 0.149. The zero-order valence-electron chi connectivity index (χ0n) is 37.4. The van der Waals surface area contributed by atoms with Crippen molar-refractivity contribution in [2.75, 3.05) is 0 Å². The van der Waals surface area contributed by atoms with E-state index in [0.29, 0.717) is 0 Å². The highest BCUT2D eigenvalue weighted by molar-refractivity contribution is 7.26. The lowest BCUT2D eigenvalue weighted by atomic mass is 9.81. The summed E-state index contributed by atoms with van der Waals surface area (Å²) in [6, 6.07) is 80.1. The molecule has 0 amide bonds. The Morgan fingerprint density at radius 2 is 1.09 bits per heavy atom. The van der Waals surface area contributed by atoms with Crippen LogP contribution in [-0.4, -0.2) is 16.1 Å². The SMILES string of the molecule is CCC1C(c2ccc(-c3ccccc3)cc2)=NC(c2cc3ccccc3c3ccccc23)=NC1c1ccc2c(sc3ccccc32)c1-n1c2cc3ccccc3cc2c2c3ccccc3ccc21. The van der Waals surface area contributed by atoms with Crippen molar-refractivity contribution in [2.24, 2.45) is 15.9 Å². The van der Waals surface area contributed by atoms with E-state index in [1.807, 2.05) is 11.3 Å². The molecule has 13 aromatic rings. The topological polar surface area (TPSA) is 29.6 Å². The molecule has 11 aromatic carbocycles. The van der Waals surface area contributed by atoms with Crippen LogP contribution in [0, 0.1) is 5.92 Å². The first-order valence-corrected chi connectivity index (χ1v) is 24.5. The molecule has 68 heavy (non-hydrogen) atoms. The van der Waals surface area contributed by atoms with Gasteiger partial charge in [0.1, 0.15) is 0 Å². The first-order valence-electron chi connectivity index (χ1n) is 23.7. The number of amidine groups is 1. The van der Waals surface area contributed by atoms with Crippen molar-refractivity contribution in [1.29, 1.82) is 0 Å². The molecule has 14 rings (SSSR count). The monoisotopic (exact) mass is 885 g/mol. The zero-order valence-corrected chi connectivity index (χ0v) is 38.2. The molecule has 0 spiro atoms. The summed E-state index contributed by atoms with van der Waals surface area (Å²) in [4.78, 5) is 11.7. The van der Waals surface area contributed by atoms with Gasteiger partial charge in [0.05, 0.1) is 33.2 Å². The lowest BCUT2D eigenvalue weighted by Crippen LogP contribution is -2.29. The fourth-order valence-corrected chi connectivity index (χ4v) is 12.6. The second-order valence-electron chi connectivity index (χ2n) is 18.3. The van der Waals surface area contributed by atoms with Crippen molar-refractivity contribution < 1.29 is 0 Å². The van der Waals surface area contributed by atoms with Crippen molar-refractivity contribution in [3.63, 3.8) is 0 Å². The van der Waals surface area contributed by atoms with E-state index in [-0.39, 0.29) is 12.0 Å². The van der Waals surface area contributed by atoms with Crippen molar-refractivity contribution in [3.8, 4) is 16.8 Å². The summed E-state index contributed by atoms with van der Waals surface area (Å²) in [5, 5.41) is 14.8. The standard InChI is InChI=1S/C64H43N3S/c1-2-46-60(42-30-28-40(29-31-42)39-16-4-3-5-17-39)65-64(54-37-45-21-9-10-22-47(45)49-24-12-13-25-50(49)54)66-61(46)53-34-33-52-51-26-14-15-27-58(51)68-63(52)62(53)67-56-35-32-41-18-8-11-23-48(41)59(56)55-36-43-19-6-7-20-44(43)38-57(55)67/h3-38,46,61H,2H2,1H3. The highest BCUT2D eigenvalue weighted by Gasteiger charge is 2.35. The van der Waals surface area contributed by atoms with E-state index in [1.165, 1.54) is 102 Å². The van der Waals surface area contributed by atoms with Crippen LogP contribution in [0.2, 0.25) is 0 Å². The summed E-state index contributed by atoms with van der Waals surface area (Å²) in [6.07, 6.45) is 0.853. The average Bonchev–Trinajstić information content (AvgIpc) is 3.95. The number of aliphatic imine (C=N–C) groups is 2. The molecule has 3 heterocycles. The smallest absolute Gasteiger partial charge is 0.156 e. The van der Waals surface area contributed by atoms with Crippen molar-refractivity contribution in [3.05, 3.63) is 235 Å².